The maximum absolute atomic E-state index is 14.6. The Morgan fingerprint density at radius 1 is 0.803 bits per heavy atom. The Balaban J connectivity index is 0.000000456. The van der Waals surface area contributed by atoms with Crippen molar-refractivity contribution in [1.29, 1.82) is 0 Å². The third-order valence-electron chi connectivity index (χ3n) is 11.3. The van der Waals surface area contributed by atoms with Crippen molar-refractivity contribution in [3.05, 3.63) is 169 Å². The van der Waals surface area contributed by atoms with Gasteiger partial charge in [-0.15, -0.1) is 54.1 Å². The van der Waals surface area contributed by atoms with Gasteiger partial charge < -0.3 is 14.4 Å². The summed E-state index contributed by atoms with van der Waals surface area (Å²) < 4.78 is 113. The summed E-state index contributed by atoms with van der Waals surface area (Å²) in [5.41, 5.74) is 1.25. The summed E-state index contributed by atoms with van der Waals surface area (Å²) in [6.45, 7) is 2.86. The quantitative estimate of drug-likeness (QED) is 0.149. The molecule has 8 aromatic rings. The van der Waals surface area contributed by atoms with Gasteiger partial charge in [0.25, 0.3) is 0 Å². The van der Waals surface area contributed by atoms with Crippen LogP contribution in [-0.2, 0) is 26.5 Å². The third-order valence-corrected chi connectivity index (χ3v) is 11.3. The zero-order chi connectivity index (χ0) is 48.2. The predicted molar refractivity (Wildman–Crippen MR) is 238 cm³/mol. The number of fused-ring (bicyclic) bond motifs is 3. The summed E-state index contributed by atoms with van der Waals surface area (Å²) in [4.78, 5) is 8.72. The van der Waals surface area contributed by atoms with Gasteiger partial charge >= 0.3 is 6.18 Å². The van der Waals surface area contributed by atoms with Crippen molar-refractivity contribution in [2.24, 2.45) is 10.8 Å². The van der Waals surface area contributed by atoms with Crippen molar-refractivity contribution in [1.82, 2.24) is 9.97 Å². The summed E-state index contributed by atoms with van der Waals surface area (Å²) in [5, 5.41) is 1.52. The third kappa shape index (κ3) is 9.44. The maximum atomic E-state index is 14.6. The SMILES string of the molecule is [2H]c1cc(C2([2H])CCC(C)(C)CC2)cc(C([2H])([2H])[2H])c1-c1cc(-c2[c-]ccc3c2oc2c(-c4ccccc4)cccc23)ncc1C([2H])([2H])C(C)(C)C(F)(F)F.[Ir].[c-]1ccccc1-c1ccccn1. The van der Waals surface area contributed by atoms with Gasteiger partial charge in [-0.1, -0.05) is 124 Å². The number of rotatable bonds is 7. The summed E-state index contributed by atoms with van der Waals surface area (Å²) in [5.74, 6) is -1.17. The number of aryl methyl sites for hydroxylation is 1. The fraction of sp³-hybridized carbons (Fsp3) is 0.259. The second kappa shape index (κ2) is 17.9. The number of alkyl halides is 3. The average Bonchev–Trinajstić information content (AvgIpc) is 3.69. The van der Waals surface area contributed by atoms with E-state index >= 15 is 0 Å². The Labute approximate surface area is 380 Å². The largest absolute Gasteiger partial charge is 0.500 e. The maximum Gasteiger partial charge on any atom is 0.394 e. The van der Waals surface area contributed by atoms with E-state index in [-0.39, 0.29) is 53.9 Å². The Kier molecular flexibility index (Phi) is 10.4. The van der Waals surface area contributed by atoms with E-state index in [1.807, 2.05) is 97.1 Å². The first-order valence-corrected chi connectivity index (χ1v) is 20.1. The van der Waals surface area contributed by atoms with Crippen LogP contribution in [0.4, 0.5) is 13.2 Å². The van der Waals surface area contributed by atoms with Crippen molar-refractivity contribution in [3.8, 4) is 44.8 Å². The number of pyridine rings is 2. The van der Waals surface area contributed by atoms with Gasteiger partial charge in [0, 0.05) is 51.7 Å². The minimum Gasteiger partial charge on any atom is -0.500 e. The normalized spacial score (nSPS) is 16.9. The molecule has 1 radical (unpaired) electrons. The van der Waals surface area contributed by atoms with Gasteiger partial charge in [-0.2, -0.15) is 13.2 Å². The molecular formula is C54H49F3IrN2O-2. The van der Waals surface area contributed by atoms with Gasteiger partial charge in [-0.25, -0.2) is 0 Å². The number of furan rings is 1. The molecule has 0 bridgehead atoms. The summed E-state index contributed by atoms with van der Waals surface area (Å²) in [6.07, 6.45) is -3.04. The molecule has 1 aliphatic rings. The molecule has 1 fully saturated rings. The molecule has 313 valence electrons. The Morgan fingerprint density at radius 3 is 2.26 bits per heavy atom. The summed E-state index contributed by atoms with van der Waals surface area (Å²) in [6, 6.07) is 42.7. The van der Waals surface area contributed by atoms with Crippen LogP contribution in [-0.4, -0.2) is 16.1 Å². The van der Waals surface area contributed by atoms with Crippen molar-refractivity contribution in [3.63, 3.8) is 0 Å². The summed E-state index contributed by atoms with van der Waals surface area (Å²) in [7, 11) is 0. The van der Waals surface area contributed by atoms with Gasteiger partial charge in [-0.05, 0) is 101 Å². The molecule has 0 atom stereocenters. The number of nitrogens with zero attached hydrogens (tertiary/aromatic N) is 2. The van der Waals surface area contributed by atoms with Crippen LogP contribution < -0.4 is 0 Å². The minimum absolute atomic E-state index is 0. The molecule has 0 aliphatic heterocycles. The first-order valence-electron chi connectivity index (χ1n) is 23.6. The van der Waals surface area contributed by atoms with E-state index in [9.17, 15) is 15.9 Å². The smallest absolute Gasteiger partial charge is 0.394 e. The average molecular weight is 998 g/mol. The second-order valence-corrected chi connectivity index (χ2v) is 16.5. The van der Waals surface area contributed by atoms with E-state index < -0.39 is 36.3 Å². The molecule has 1 saturated carbocycles. The Hall–Kier alpha value is -5.36. The van der Waals surface area contributed by atoms with Gasteiger partial charge in [0.2, 0.25) is 0 Å². The van der Waals surface area contributed by atoms with Crippen LogP contribution >= 0.6 is 0 Å². The molecule has 1 aliphatic carbocycles. The Bertz CT molecular complexity index is 3020. The van der Waals surface area contributed by atoms with Crippen molar-refractivity contribution >= 4 is 21.9 Å². The Morgan fingerprint density at radius 2 is 1.56 bits per heavy atom. The molecule has 0 amide bonds. The van der Waals surface area contributed by atoms with Crippen LogP contribution in [0.5, 0.6) is 0 Å². The van der Waals surface area contributed by atoms with Crippen molar-refractivity contribution in [2.45, 2.75) is 78.7 Å². The van der Waals surface area contributed by atoms with Crippen LogP contribution in [0.3, 0.4) is 0 Å². The van der Waals surface area contributed by atoms with Gasteiger partial charge in [0.15, 0.2) is 0 Å². The fourth-order valence-corrected chi connectivity index (χ4v) is 7.62. The van der Waals surface area contributed by atoms with Crippen molar-refractivity contribution < 1.29 is 47.3 Å². The molecule has 3 nitrogen and oxygen atoms in total. The molecule has 0 spiro atoms. The number of hydrogen-bond donors (Lipinski definition) is 0. The summed E-state index contributed by atoms with van der Waals surface area (Å²) >= 11 is 0. The van der Waals surface area contributed by atoms with E-state index in [1.54, 1.807) is 12.3 Å². The van der Waals surface area contributed by atoms with Gasteiger partial charge in [0.1, 0.15) is 5.58 Å². The van der Waals surface area contributed by atoms with E-state index in [0.717, 1.165) is 60.7 Å². The second-order valence-electron chi connectivity index (χ2n) is 16.5. The van der Waals surface area contributed by atoms with Crippen LogP contribution in [0.2, 0.25) is 0 Å². The van der Waals surface area contributed by atoms with E-state index in [4.69, 9.17) is 11.3 Å². The van der Waals surface area contributed by atoms with Gasteiger partial charge in [0.05, 0.1) is 12.4 Å². The van der Waals surface area contributed by atoms with E-state index in [2.05, 4.69) is 35.9 Å². The molecule has 0 N–H and O–H groups in total. The minimum atomic E-state index is -5.01. The first-order chi connectivity index (χ1) is 31.5. The molecule has 0 unspecified atom stereocenters. The molecule has 3 aromatic heterocycles. The fourth-order valence-electron chi connectivity index (χ4n) is 7.62. The zero-order valence-electron chi connectivity index (χ0n) is 41.3. The van der Waals surface area contributed by atoms with E-state index in [0.29, 0.717) is 40.5 Å². The van der Waals surface area contributed by atoms with Crippen LogP contribution in [0.15, 0.2) is 144 Å². The predicted octanol–water partition coefficient (Wildman–Crippen LogP) is 15.5. The van der Waals surface area contributed by atoms with Crippen LogP contribution in [0.1, 0.15) is 85.6 Å². The zero-order valence-corrected chi connectivity index (χ0v) is 36.7. The number of benzene rings is 5. The number of hydrogen-bond acceptors (Lipinski definition) is 3. The first kappa shape index (κ1) is 35.3. The standard InChI is InChI=1S/C43H41F3NO.C11H8N.Ir/c1-27-23-30(28-19-21-41(2,3)22-20-28)17-18-32(27)37-24-38(47-26-31(37)25-42(4,5)43(44,45)46)36-16-10-15-35-34-14-9-13-33(39(34)48-40(35)36)29-11-7-6-8-12-29;1-2-6-10(7-3-1)11-8-4-5-9-12-11;/h6-15,17-18,23-24,26,28H,19-22,25H2,1-5H3;1-6,8-9H;/q2*-1;/i1D3,18D,25D2,28D;;. The van der Waals surface area contributed by atoms with E-state index in [1.165, 1.54) is 18.2 Å². The van der Waals surface area contributed by atoms with Gasteiger partial charge in [-0.3, -0.25) is 0 Å². The molecule has 0 saturated heterocycles. The molecule has 5 aromatic carbocycles. The molecule has 9 rings (SSSR count). The van der Waals surface area contributed by atoms with Crippen LogP contribution in [0.25, 0.3) is 66.7 Å². The topological polar surface area (TPSA) is 38.9 Å². The van der Waals surface area contributed by atoms with Crippen LogP contribution in [0, 0.1) is 29.8 Å². The number of aromatic nitrogens is 2. The number of halogens is 3. The molecule has 61 heavy (non-hydrogen) atoms. The number of para-hydroxylation sites is 1. The molecule has 7 heteroatoms. The molecular weight excluding hydrogens is 942 g/mol. The van der Waals surface area contributed by atoms with Crippen molar-refractivity contribution in [2.75, 3.05) is 0 Å². The monoisotopic (exact) mass is 998 g/mol. The molecule has 3 heterocycles.